The monoisotopic (exact) mass is 289 g/mol. The van der Waals surface area contributed by atoms with E-state index in [0.717, 1.165) is 5.56 Å². The molecular weight excluding hydrogens is 270 g/mol. The van der Waals surface area contributed by atoms with Crippen LogP contribution in [-0.2, 0) is 11.3 Å². The Bertz CT molecular complexity index is 595. The van der Waals surface area contributed by atoms with Crippen molar-refractivity contribution >= 4 is 5.82 Å². The molecule has 2 aromatic rings. The number of hydrogen-bond donors (Lipinski definition) is 1. The van der Waals surface area contributed by atoms with Crippen molar-refractivity contribution in [3.63, 3.8) is 0 Å². The molecule has 2 rings (SSSR count). The molecule has 6 heteroatoms. The second-order valence-electron chi connectivity index (χ2n) is 4.27. The van der Waals surface area contributed by atoms with Gasteiger partial charge in [0.1, 0.15) is 23.9 Å². The fourth-order valence-electron chi connectivity index (χ4n) is 2.01. The first kappa shape index (κ1) is 15.1. The lowest BCUT2D eigenvalue weighted by molar-refractivity contribution is 0.128. The van der Waals surface area contributed by atoms with E-state index in [1.807, 2.05) is 25.1 Å². The number of ether oxygens (including phenoxy) is 3. The number of nitrogen functional groups attached to an aromatic ring is 1. The zero-order chi connectivity index (χ0) is 15.2. The summed E-state index contributed by atoms with van der Waals surface area (Å²) in [5, 5.41) is 0. The van der Waals surface area contributed by atoms with E-state index in [9.17, 15) is 0 Å². The molecule has 1 aromatic carbocycles. The molecule has 6 nitrogen and oxygen atoms in total. The third-order valence-electron chi connectivity index (χ3n) is 2.91. The van der Waals surface area contributed by atoms with Crippen molar-refractivity contribution < 1.29 is 14.2 Å². The first-order valence-electron chi connectivity index (χ1n) is 6.62. The molecule has 21 heavy (non-hydrogen) atoms. The Morgan fingerprint density at radius 1 is 1.10 bits per heavy atom. The quantitative estimate of drug-likeness (QED) is 0.878. The Balaban J connectivity index is 2.53. The average molecular weight is 289 g/mol. The molecule has 0 saturated carbocycles. The van der Waals surface area contributed by atoms with Gasteiger partial charge in [-0.25, -0.2) is 9.97 Å². The number of hydrogen-bond acceptors (Lipinski definition) is 6. The van der Waals surface area contributed by atoms with Crippen molar-refractivity contribution in [3.8, 4) is 22.8 Å². The fraction of sp³-hybridized carbons (Fsp3) is 0.333. The maximum absolute atomic E-state index is 5.86. The molecule has 0 amide bonds. The van der Waals surface area contributed by atoms with Crippen LogP contribution in [0.1, 0.15) is 12.7 Å². The number of nitrogens with two attached hydrogens (primary N) is 1. The normalized spacial score (nSPS) is 10.4. The van der Waals surface area contributed by atoms with Gasteiger partial charge in [-0.3, -0.25) is 0 Å². The summed E-state index contributed by atoms with van der Waals surface area (Å²) in [4.78, 5) is 8.65. The van der Waals surface area contributed by atoms with E-state index in [1.54, 1.807) is 20.3 Å². The summed E-state index contributed by atoms with van der Waals surface area (Å²) in [7, 11) is 3.20. The lowest BCUT2D eigenvalue weighted by Crippen LogP contribution is -2.04. The molecule has 2 N–H and O–H groups in total. The molecule has 0 atom stereocenters. The molecule has 1 heterocycles. The smallest absolute Gasteiger partial charge is 0.157 e. The van der Waals surface area contributed by atoms with E-state index in [0.29, 0.717) is 42.0 Å². The van der Waals surface area contributed by atoms with Crippen LogP contribution < -0.4 is 15.2 Å². The fourth-order valence-corrected chi connectivity index (χ4v) is 2.01. The molecular formula is C15H19N3O3. The Morgan fingerprint density at radius 3 is 2.33 bits per heavy atom. The number of anilines is 1. The van der Waals surface area contributed by atoms with E-state index >= 15 is 0 Å². The van der Waals surface area contributed by atoms with Crippen molar-refractivity contribution in [1.29, 1.82) is 0 Å². The zero-order valence-corrected chi connectivity index (χ0v) is 12.4. The van der Waals surface area contributed by atoms with Crippen LogP contribution in [0.4, 0.5) is 5.82 Å². The molecule has 0 saturated heterocycles. The first-order valence-corrected chi connectivity index (χ1v) is 6.62. The number of rotatable bonds is 6. The Labute approximate surface area is 123 Å². The van der Waals surface area contributed by atoms with Crippen molar-refractivity contribution in [2.75, 3.05) is 26.6 Å². The van der Waals surface area contributed by atoms with Crippen LogP contribution in [0.25, 0.3) is 11.3 Å². The van der Waals surface area contributed by atoms with Crippen LogP contribution in [0.5, 0.6) is 11.5 Å². The molecule has 0 aliphatic rings. The highest BCUT2D eigenvalue weighted by Crippen LogP contribution is 2.37. The highest BCUT2D eigenvalue weighted by molar-refractivity contribution is 5.75. The Kier molecular flexibility index (Phi) is 4.94. The second kappa shape index (κ2) is 6.90. The summed E-state index contributed by atoms with van der Waals surface area (Å²) in [6, 6.07) is 7.24. The predicted molar refractivity (Wildman–Crippen MR) is 80.3 cm³/mol. The highest BCUT2D eigenvalue weighted by Gasteiger charge is 2.15. The van der Waals surface area contributed by atoms with Crippen LogP contribution in [0.2, 0.25) is 0 Å². The summed E-state index contributed by atoms with van der Waals surface area (Å²) in [6.07, 6.45) is 0. The van der Waals surface area contributed by atoms with Gasteiger partial charge in [-0.1, -0.05) is 6.07 Å². The molecule has 0 spiro atoms. The molecule has 0 unspecified atom stereocenters. The minimum Gasteiger partial charge on any atom is -0.496 e. The minimum atomic E-state index is 0.312. The maximum Gasteiger partial charge on any atom is 0.157 e. The topological polar surface area (TPSA) is 79.5 Å². The van der Waals surface area contributed by atoms with Crippen molar-refractivity contribution in [2.24, 2.45) is 0 Å². The summed E-state index contributed by atoms with van der Waals surface area (Å²) >= 11 is 0. The molecule has 0 aliphatic carbocycles. The standard InChI is InChI=1S/C15H19N3O3/c1-4-21-9-14-17-10(8-13(16)18-14)15-11(19-2)6-5-7-12(15)20-3/h5-8H,4,9H2,1-3H3,(H2,16,17,18). The van der Waals surface area contributed by atoms with Crippen LogP contribution in [0, 0.1) is 0 Å². The molecule has 112 valence electrons. The van der Waals surface area contributed by atoms with Gasteiger partial charge in [0.15, 0.2) is 5.82 Å². The van der Waals surface area contributed by atoms with Gasteiger partial charge in [-0.2, -0.15) is 0 Å². The van der Waals surface area contributed by atoms with Crippen LogP contribution in [-0.4, -0.2) is 30.8 Å². The number of methoxy groups -OCH3 is 2. The minimum absolute atomic E-state index is 0.312. The van der Waals surface area contributed by atoms with E-state index in [4.69, 9.17) is 19.9 Å². The van der Waals surface area contributed by atoms with Gasteiger partial charge in [0.05, 0.1) is 25.5 Å². The summed E-state index contributed by atoms with van der Waals surface area (Å²) in [5.74, 6) is 2.23. The van der Waals surface area contributed by atoms with E-state index in [2.05, 4.69) is 9.97 Å². The van der Waals surface area contributed by atoms with Gasteiger partial charge >= 0.3 is 0 Å². The second-order valence-corrected chi connectivity index (χ2v) is 4.27. The largest absolute Gasteiger partial charge is 0.496 e. The van der Waals surface area contributed by atoms with Gasteiger partial charge in [-0.05, 0) is 19.1 Å². The van der Waals surface area contributed by atoms with Crippen molar-refractivity contribution in [2.45, 2.75) is 13.5 Å². The van der Waals surface area contributed by atoms with Gasteiger partial charge in [-0.15, -0.1) is 0 Å². The zero-order valence-electron chi connectivity index (χ0n) is 12.4. The van der Waals surface area contributed by atoms with E-state index in [1.165, 1.54) is 0 Å². The van der Waals surface area contributed by atoms with Gasteiger partial charge < -0.3 is 19.9 Å². The lowest BCUT2D eigenvalue weighted by atomic mass is 10.1. The molecule has 0 bridgehead atoms. The predicted octanol–water partition coefficient (Wildman–Crippen LogP) is 2.28. The Morgan fingerprint density at radius 2 is 1.76 bits per heavy atom. The van der Waals surface area contributed by atoms with Crippen molar-refractivity contribution in [1.82, 2.24) is 9.97 Å². The molecule has 0 aliphatic heterocycles. The van der Waals surface area contributed by atoms with Crippen LogP contribution in [0.15, 0.2) is 24.3 Å². The summed E-state index contributed by atoms with van der Waals surface area (Å²) in [6.45, 7) is 2.81. The van der Waals surface area contributed by atoms with Gasteiger partial charge in [0, 0.05) is 12.7 Å². The third kappa shape index (κ3) is 3.41. The highest BCUT2D eigenvalue weighted by atomic mass is 16.5. The molecule has 1 aromatic heterocycles. The third-order valence-corrected chi connectivity index (χ3v) is 2.91. The molecule has 0 fully saturated rings. The number of nitrogens with zero attached hydrogens (tertiary/aromatic N) is 2. The van der Waals surface area contributed by atoms with Crippen LogP contribution >= 0.6 is 0 Å². The number of benzene rings is 1. The lowest BCUT2D eigenvalue weighted by Gasteiger charge is -2.13. The Hall–Kier alpha value is -2.34. The first-order chi connectivity index (χ1) is 10.2. The maximum atomic E-state index is 5.86. The van der Waals surface area contributed by atoms with Gasteiger partial charge in [0.25, 0.3) is 0 Å². The van der Waals surface area contributed by atoms with Gasteiger partial charge in [0.2, 0.25) is 0 Å². The van der Waals surface area contributed by atoms with Crippen molar-refractivity contribution in [3.05, 3.63) is 30.1 Å². The van der Waals surface area contributed by atoms with Crippen LogP contribution in [0.3, 0.4) is 0 Å². The average Bonchev–Trinajstić information content (AvgIpc) is 2.51. The summed E-state index contributed by atoms with van der Waals surface area (Å²) in [5.41, 5.74) is 7.25. The number of aromatic nitrogens is 2. The van der Waals surface area contributed by atoms with E-state index < -0.39 is 0 Å². The summed E-state index contributed by atoms with van der Waals surface area (Å²) < 4.78 is 16.1. The SMILES string of the molecule is CCOCc1nc(N)cc(-c2c(OC)cccc2OC)n1. The van der Waals surface area contributed by atoms with E-state index in [-0.39, 0.29) is 0 Å². The molecule has 0 radical (unpaired) electrons.